The molecule has 0 saturated heterocycles. The number of nitrogens with zero attached hydrogens (tertiary/aromatic N) is 3. The summed E-state index contributed by atoms with van der Waals surface area (Å²) in [5.41, 5.74) is -0.00518. The lowest BCUT2D eigenvalue weighted by atomic mass is 10.1. The van der Waals surface area contributed by atoms with Crippen LogP contribution in [0.4, 0.5) is 24.8 Å². The Morgan fingerprint density at radius 1 is 0.946 bits per heavy atom. The maximum Gasteiger partial charge on any atom is 0.227 e. The summed E-state index contributed by atoms with van der Waals surface area (Å²) in [5.74, 6) is -2.46. The van der Waals surface area contributed by atoms with Crippen molar-refractivity contribution in [1.29, 1.82) is 0 Å². The molecule has 198 valence electrons. The van der Waals surface area contributed by atoms with Crippen molar-refractivity contribution in [2.45, 2.75) is 19.4 Å². The highest BCUT2D eigenvalue weighted by Gasteiger charge is 2.20. The van der Waals surface area contributed by atoms with Gasteiger partial charge in [0.05, 0.1) is 38.8 Å². The predicted octanol–water partition coefficient (Wildman–Crippen LogP) is 4.48. The van der Waals surface area contributed by atoms with E-state index >= 15 is 0 Å². The molecule has 0 aliphatic heterocycles. The highest BCUT2D eigenvalue weighted by atomic mass is 19.1. The molecule has 12 heteroatoms. The number of carbonyl (C=O) groups excluding carboxylic acids is 1. The minimum absolute atomic E-state index is 0.0279. The standard InChI is InChI=1S/C25H27F3N4O5/c1-32(2)22(33)6-5-9-36-19-8-7-15(10-18(19)26)31-25-29-12-16(13-30-25)37-14-17-23(27)20(34-3)11-21(35-4)24(17)28/h7-8,10-13H,5-6,9,14H2,1-4H3,(H,29,30,31). The Labute approximate surface area is 212 Å². The summed E-state index contributed by atoms with van der Waals surface area (Å²) < 4.78 is 64.0. The molecule has 3 aromatic rings. The van der Waals surface area contributed by atoms with Gasteiger partial charge in [-0.25, -0.2) is 23.1 Å². The van der Waals surface area contributed by atoms with Gasteiger partial charge >= 0.3 is 0 Å². The van der Waals surface area contributed by atoms with Gasteiger partial charge in [0.15, 0.2) is 40.4 Å². The lowest BCUT2D eigenvalue weighted by Gasteiger charge is -2.13. The molecular weight excluding hydrogens is 493 g/mol. The SMILES string of the molecule is COc1cc(OC)c(F)c(COc2cnc(Nc3ccc(OCCCC(=O)N(C)C)c(F)c3)nc2)c1F. The molecule has 0 aliphatic carbocycles. The van der Waals surface area contributed by atoms with E-state index < -0.39 is 24.1 Å². The van der Waals surface area contributed by atoms with Gasteiger partial charge in [-0.15, -0.1) is 0 Å². The number of amides is 1. The van der Waals surface area contributed by atoms with Gasteiger partial charge in [-0.3, -0.25) is 4.79 Å². The summed E-state index contributed by atoms with van der Waals surface area (Å²) in [4.78, 5) is 21.2. The number of ether oxygens (including phenoxy) is 4. The summed E-state index contributed by atoms with van der Waals surface area (Å²) in [7, 11) is 5.84. The van der Waals surface area contributed by atoms with Crippen molar-refractivity contribution in [2.75, 3.05) is 40.2 Å². The molecule has 2 aromatic carbocycles. The maximum atomic E-state index is 14.5. The van der Waals surface area contributed by atoms with E-state index in [9.17, 15) is 18.0 Å². The zero-order chi connectivity index (χ0) is 26.9. The third-order valence-corrected chi connectivity index (χ3v) is 5.16. The van der Waals surface area contributed by atoms with Gasteiger partial charge in [-0.1, -0.05) is 0 Å². The van der Waals surface area contributed by atoms with Crippen LogP contribution < -0.4 is 24.3 Å². The summed E-state index contributed by atoms with van der Waals surface area (Å²) in [6.07, 6.45) is 3.36. The van der Waals surface area contributed by atoms with Crippen LogP contribution in [0.2, 0.25) is 0 Å². The molecule has 0 bridgehead atoms. The fourth-order valence-corrected chi connectivity index (χ4v) is 3.13. The Morgan fingerprint density at radius 2 is 1.59 bits per heavy atom. The quantitative estimate of drug-likeness (QED) is 0.350. The number of benzene rings is 2. The number of nitrogens with one attached hydrogen (secondary N) is 1. The molecule has 0 radical (unpaired) electrons. The number of methoxy groups -OCH3 is 2. The highest BCUT2D eigenvalue weighted by molar-refractivity contribution is 5.75. The molecule has 3 rings (SSSR count). The zero-order valence-corrected chi connectivity index (χ0v) is 20.8. The minimum atomic E-state index is -0.906. The van der Waals surface area contributed by atoms with Gasteiger partial charge in [0, 0.05) is 38.3 Å². The average molecular weight is 521 g/mol. The fourth-order valence-electron chi connectivity index (χ4n) is 3.13. The topological polar surface area (TPSA) is 95.0 Å². The van der Waals surface area contributed by atoms with Crippen molar-refractivity contribution in [2.24, 2.45) is 0 Å². The number of carbonyl (C=O) groups is 1. The number of halogens is 3. The van der Waals surface area contributed by atoms with E-state index in [0.717, 1.165) is 6.07 Å². The summed E-state index contributed by atoms with van der Waals surface area (Å²) in [6.45, 7) is -0.262. The van der Waals surface area contributed by atoms with Gasteiger partial charge in [0.1, 0.15) is 6.61 Å². The average Bonchev–Trinajstić information content (AvgIpc) is 2.88. The van der Waals surface area contributed by atoms with E-state index in [4.69, 9.17) is 18.9 Å². The Hall–Kier alpha value is -4.22. The molecule has 0 fully saturated rings. The number of hydrogen-bond donors (Lipinski definition) is 1. The van der Waals surface area contributed by atoms with Crippen molar-refractivity contribution in [3.05, 3.63) is 59.7 Å². The minimum Gasteiger partial charge on any atom is -0.494 e. The first kappa shape index (κ1) is 27.4. The van der Waals surface area contributed by atoms with Crippen molar-refractivity contribution in [3.63, 3.8) is 0 Å². The van der Waals surface area contributed by atoms with E-state index in [1.165, 1.54) is 43.6 Å². The van der Waals surface area contributed by atoms with Crippen LogP contribution in [-0.4, -0.2) is 55.7 Å². The van der Waals surface area contributed by atoms with Crippen LogP contribution in [0.1, 0.15) is 18.4 Å². The largest absolute Gasteiger partial charge is 0.494 e. The normalized spacial score (nSPS) is 10.6. The van der Waals surface area contributed by atoms with Crippen molar-refractivity contribution in [1.82, 2.24) is 14.9 Å². The molecule has 1 N–H and O–H groups in total. The Balaban J connectivity index is 1.57. The van der Waals surface area contributed by atoms with Crippen molar-refractivity contribution in [3.8, 4) is 23.0 Å². The highest BCUT2D eigenvalue weighted by Crippen LogP contribution is 2.32. The van der Waals surface area contributed by atoms with Crippen molar-refractivity contribution >= 4 is 17.5 Å². The van der Waals surface area contributed by atoms with Crippen molar-refractivity contribution < 1.29 is 36.9 Å². The molecule has 9 nitrogen and oxygen atoms in total. The Kier molecular flexibility index (Phi) is 9.36. The van der Waals surface area contributed by atoms with E-state index in [-0.39, 0.29) is 47.0 Å². The van der Waals surface area contributed by atoms with Crippen LogP contribution in [0.15, 0.2) is 36.7 Å². The van der Waals surface area contributed by atoms with Gasteiger partial charge < -0.3 is 29.2 Å². The van der Waals surface area contributed by atoms with Gasteiger partial charge in [-0.2, -0.15) is 0 Å². The Bertz CT molecular complexity index is 1200. The number of anilines is 2. The molecular formula is C25H27F3N4O5. The molecule has 37 heavy (non-hydrogen) atoms. The van der Waals surface area contributed by atoms with Crippen LogP contribution in [0.5, 0.6) is 23.0 Å². The molecule has 0 spiro atoms. The van der Waals surface area contributed by atoms with E-state index in [2.05, 4.69) is 15.3 Å². The smallest absolute Gasteiger partial charge is 0.227 e. The van der Waals surface area contributed by atoms with Crippen LogP contribution in [-0.2, 0) is 11.4 Å². The van der Waals surface area contributed by atoms with Crippen LogP contribution in [0.3, 0.4) is 0 Å². The third-order valence-electron chi connectivity index (χ3n) is 5.16. The second-order valence-corrected chi connectivity index (χ2v) is 7.93. The van der Waals surface area contributed by atoms with E-state index in [1.54, 1.807) is 20.2 Å². The number of rotatable bonds is 12. The first-order valence-electron chi connectivity index (χ1n) is 11.2. The predicted molar refractivity (Wildman–Crippen MR) is 129 cm³/mol. The second kappa shape index (κ2) is 12.7. The van der Waals surface area contributed by atoms with E-state index in [0.29, 0.717) is 18.5 Å². The molecule has 1 heterocycles. The zero-order valence-electron chi connectivity index (χ0n) is 20.8. The molecule has 0 atom stereocenters. The van der Waals surface area contributed by atoms with Crippen LogP contribution in [0.25, 0.3) is 0 Å². The van der Waals surface area contributed by atoms with Crippen LogP contribution in [0, 0.1) is 17.5 Å². The molecule has 1 amide bonds. The number of hydrogen-bond acceptors (Lipinski definition) is 8. The van der Waals surface area contributed by atoms with Gasteiger partial charge in [0.2, 0.25) is 11.9 Å². The molecule has 1 aromatic heterocycles. The summed E-state index contributed by atoms with van der Waals surface area (Å²) in [6, 6.07) is 5.36. The summed E-state index contributed by atoms with van der Waals surface area (Å²) in [5, 5.41) is 2.84. The second-order valence-electron chi connectivity index (χ2n) is 7.93. The fraction of sp³-hybridized carbons (Fsp3) is 0.320. The monoisotopic (exact) mass is 520 g/mol. The molecule has 0 saturated carbocycles. The van der Waals surface area contributed by atoms with Gasteiger partial charge in [-0.05, 0) is 18.6 Å². The van der Waals surface area contributed by atoms with Crippen LogP contribution >= 0.6 is 0 Å². The van der Waals surface area contributed by atoms with Gasteiger partial charge in [0.25, 0.3) is 0 Å². The number of aromatic nitrogens is 2. The lowest BCUT2D eigenvalue weighted by Crippen LogP contribution is -2.21. The molecule has 0 unspecified atom stereocenters. The first-order chi connectivity index (χ1) is 17.7. The lowest BCUT2D eigenvalue weighted by molar-refractivity contribution is -0.128. The summed E-state index contributed by atoms with van der Waals surface area (Å²) >= 11 is 0. The van der Waals surface area contributed by atoms with E-state index in [1.807, 2.05) is 0 Å². The maximum absolute atomic E-state index is 14.5. The third kappa shape index (κ3) is 7.15. The molecule has 0 aliphatic rings. The Morgan fingerprint density at radius 3 is 2.16 bits per heavy atom. The first-order valence-corrected chi connectivity index (χ1v) is 11.2.